The van der Waals surface area contributed by atoms with Gasteiger partial charge in [0.2, 0.25) is 0 Å². The number of nitrogens with one attached hydrogen (secondary N) is 1. The largest absolute Gasteiger partial charge is 0.396 e. The topological polar surface area (TPSA) is 50.3 Å². The Morgan fingerprint density at radius 3 is 3.18 bits per heavy atom. The molecule has 0 radical (unpaired) electrons. The van der Waals surface area contributed by atoms with Gasteiger partial charge in [0.1, 0.15) is 12.3 Å². The van der Waals surface area contributed by atoms with E-state index in [2.05, 4.69) is 15.1 Å². The average Bonchev–Trinajstić information content (AvgIpc) is 2.52. The van der Waals surface area contributed by atoms with Crippen LogP contribution < -0.4 is 0 Å². The van der Waals surface area contributed by atoms with Crippen molar-refractivity contribution in [3.8, 4) is 0 Å². The lowest BCUT2D eigenvalue weighted by Gasteiger charge is -1.94. The molecule has 4 nitrogen and oxygen atoms in total. The summed E-state index contributed by atoms with van der Waals surface area (Å²) in [4.78, 5) is 11.8. The first kappa shape index (κ1) is 7.78. The molecule has 1 N–H and O–H groups in total. The van der Waals surface area contributed by atoms with E-state index >= 15 is 0 Å². The van der Waals surface area contributed by atoms with E-state index in [4.69, 9.17) is 4.84 Å². The molecule has 0 bridgehead atoms. The molecular weight excluding hydrogens is 142 g/mol. The van der Waals surface area contributed by atoms with E-state index in [1.807, 2.05) is 13.8 Å². The number of hydrogen-bond acceptors (Lipinski definition) is 3. The monoisotopic (exact) mass is 153 g/mol. The Morgan fingerprint density at radius 1 is 1.82 bits per heavy atom. The Balaban J connectivity index is 2.62. The summed E-state index contributed by atoms with van der Waals surface area (Å²) in [7, 11) is 0. The maximum Gasteiger partial charge on any atom is 0.154 e. The van der Waals surface area contributed by atoms with Gasteiger partial charge in [0.05, 0.1) is 0 Å². The molecule has 0 amide bonds. The number of aromatic nitrogens is 2. The van der Waals surface area contributed by atoms with Gasteiger partial charge >= 0.3 is 0 Å². The molecule has 1 rings (SSSR count). The molecule has 1 aromatic heterocycles. The second-order valence-electron chi connectivity index (χ2n) is 2.03. The van der Waals surface area contributed by atoms with Gasteiger partial charge in [-0.2, -0.15) is 0 Å². The summed E-state index contributed by atoms with van der Waals surface area (Å²) in [5, 5.41) is 3.81. The van der Waals surface area contributed by atoms with Crippen molar-refractivity contribution in [1.82, 2.24) is 9.97 Å². The standard InChI is InChI=1S/C7H11N3O/c1-3-11-10-6(2)7-8-4-5-9-7/h4-5H,3H2,1-2H3,(H,8,9)/b10-6-. The predicted molar refractivity (Wildman–Crippen MR) is 42.4 cm³/mol. The molecule has 4 heteroatoms. The SMILES string of the molecule is CCO/N=C(/C)c1ncc[nH]1. The van der Waals surface area contributed by atoms with Crippen LogP contribution in [0.1, 0.15) is 19.7 Å². The molecule has 1 aromatic rings. The van der Waals surface area contributed by atoms with E-state index in [1.54, 1.807) is 12.4 Å². The Morgan fingerprint density at radius 2 is 2.64 bits per heavy atom. The highest BCUT2D eigenvalue weighted by molar-refractivity contribution is 5.94. The summed E-state index contributed by atoms with van der Waals surface area (Å²) >= 11 is 0. The summed E-state index contributed by atoms with van der Waals surface area (Å²) in [5.41, 5.74) is 0.761. The van der Waals surface area contributed by atoms with Crippen molar-refractivity contribution in [2.24, 2.45) is 5.16 Å². The van der Waals surface area contributed by atoms with Gasteiger partial charge in [-0.3, -0.25) is 0 Å². The van der Waals surface area contributed by atoms with Crippen LogP contribution >= 0.6 is 0 Å². The van der Waals surface area contributed by atoms with Crippen LogP contribution in [0.3, 0.4) is 0 Å². The predicted octanol–water partition coefficient (Wildman–Crippen LogP) is 1.17. The molecule has 11 heavy (non-hydrogen) atoms. The summed E-state index contributed by atoms with van der Waals surface area (Å²) in [6, 6.07) is 0. The van der Waals surface area contributed by atoms with Crippen LogP contribution in [0.2, 0.25) is 0 Å². The molecule has 0 saturated carbocycles. The first-order valence-corrected chi connectivity index (χ1v) is 3.51. The molecule has 60 valence electrons. The Labute approximate surface area is 65.3 Å². The highest BCUT2D eigenvalue weighted by Crippen LogP contribution is 1.92. The quantitative estimate of drug-likeness (QED) is 0.523. The van der Waals surface area contributed by atoms with Crippen LogP contribution in [-0.2, 0) is 4.84 Å². The molecule has 0 aliphatic heterocycles. The zero-order valence-corrected chi connectivity index (χ0v) is 6.66. The third-order valence-electron chi connectivity index (χ3n) is 1.17. The fraction of sp³-hybridized carbons (Fsp3) is 0.429. The Hall–Kier alpha value is -1.32. The van der Waals surface area contributed by atoms with Gasteiger partial charge in [-0.05, 0) is 13.8 Å². The molecule has 0 atom stereocenters. The van der Waals surface area contributed by atoms with Crippen LogP contribution in [0.4, 0.5) is 0 Å². The summed E-state index contributed by atoms with van der Waals surface area (Å²) < 4.78 is 0. The van der Waals surface area contributed by atoms with Gasteiger partial charge in [0, 0.05) is 12.4 Å². The Bertz CT molecular complexity index is 228. The number of imidazole rings is 1. The van der Waals surface area contributed by atoms with Crippen LogP contribution in [0.25, 0.3) is 0 Å². The smallest absolute Gasteiger partial charge is 0.154 e. The van der Waals surface area contributed by atoms with Crippen LogP contribution in [0, 0.1) is 0 Å². The van der Waals surface area contributed by atoms with E-state index in [0.717, 1.165) is 11.5 Å². The first-order valence-electron chi connectivity index (χ1n) is 3.51. The van der Waals surface area contributed by atoms with Crippen molar-refractivity contribution >= 4 is 5.71 Å². The fourth-order valence-electron chi connectivity index (χ4n) is 0.668. The molecule has 0 aliphatic carbocycles. The van der Waals surface area contributed by atoms with Crippen LogP contribution in [-0.4, -0.2) is 22.3 Å². The second-order valence-corrected chi connectivity index (χ2v) is 2.03. The normalized spacial score (nSPS) is 11.6. The fourth-order valence-corrected chi connectivity index (χ4v) is 0.668. The number of rotatable bonds is 3. The van der Waals surface area contributed by atoms with E-state index in [0.29, 0.717) is 6.61 Å². The summed E-state index contributed by atoms with van der Waals surface area (Å²) in [6.07, 6.45) is 3.43. The summed E-state index contributed by atoms with van der Waals surface area (Å²) in [5.74, 6) is 0.749. The minimum atomic E-state index is 0.581. The first-order chi connectivity index (χ1) is 5.34. The van der Waals surface area contributed by atoms with Crippen molar-refractivity contribution in [3.05, 3.63) is 18.2 Å². The van der Waals surface area contributed by atoms with Gasteiger partial charge in [0.25, 0.3) is 0 Å². The number of nitrogens with zero attached hydrogens (tertiary/aromatic N) is 2. The number of aromatic amines is 1. The van der Waals surface area contributed by atoms with Crippen molar-refractivity contribution in [1.29, 1.82) is 0 Å². The molecule has 0 unspecified atom stereocenters. The van der Waals surface area contributed by atoms with Crippen molar-refractivity contribution in [2.75, 3.05) is 6.61 Å². The van der Waals surface area contributed by atoms with E-state index < -0.39 is 0 Å². The molecule has 1 heterocycles. The lowest BCUT2D eigenvalue weighted by molar-refractivity contribution is 0.158. The van der Waals surface area contributed by atoms with Gasteiger partial charge in [-0.1, -0.05) is 5.16 Å². The molecule has 0 aliphatic rings. The molecule has 0 saturated heterocycles. The lowest BCUT2D eigenvalue weighted by atomic mass is 10.4. The van der Waals surface area contributed by atoms with Gasteiger partial charge < -0.3 is 9.82 Å². The zero-order valence-electron chi connectivity index (χ0n) is 6.66. The zero-order chi connectivity index (χ0) is 8.10. The van der Waals surface area contributed by atoms with E-state index in [-0.39, 0.29) is 0 Å². The highest BCUT2D eigenvalue weighted by atomic mass is 16.6. The second kappa shape index (κ2) is 3.75. The van der Waals surface area contributed by atoms with Crippen LogP contribution in [0.5, 0.6) is 0 Å². The van der Waals surface area contributed by atoms with Gasteiger partial charge in [-0.15, -0.1) is 0 Å². The minimum absolute atomic E-state index is 0.581. The van der Waals surface area contributed by atoms with E-state index in [9.17, 15) is 0 Å². The number of hydrogen-bond donors (Lipinski definition) is 1. The van der Waals surface area contributed by atoms with Gasteiger partial charge in [0.15, 0.2) is 5.82 Å². The Kier molecular flexibility index (Phi) is 2.66. The van der Waals surface area contributed by atoms with Crippen molar-refractivity contribution in [2.45, 2.75) is 13.8 Å². The summed E-state index contributed by atoms with van der Waals surface area (Å²) in [6.45, 7) is 4.31. The van der Waals surface area contributed by atoms with Crippen molar-refractivity contribution in [3.63, 3.8) is 0 Å². The molecule has 0 fully saturated rings. The third kappa shape index (κ3) is 2.07. The van der Waals surface area contributed by atoms with Crippen molar-refractivity contribution < 1.29 is 4.84 Å². The maximum absolute atomic E-state index is 4.85. The minimum Gasteiger partial charge on any atom is -0.396 e. The molecular formula is C7H11N3O. The highest BCUT2D eigenvalue weighted by Gasteiger charge is 1.97. The van der Waals surface area contributed by atoms with E-state index in [1.165, 1.54) is 0 Å². The maximum atomic E-state index is 4.85. The average molecular weight is 153 g/mol. The molecule has 0 spiro atoms. The third-order valence-corrected chi connectivity index (χ3v) is 1.17. The number of oxime groups is 1. The lowest BCUT2D eigenvalue weighted by Crippen LogP contribution is -1.98. The van der Waals surface area contributed by atoms with Gasteiger partial charge in [-0.25, -0.2) is 4.98 Å². The van der Waals surface area contributed by atoms with Crippen LogP contribution in [0.15, 0.2) is 17.5 Å². The molecule has 0 aromatic carbocycles. The number of H-pyrrole nitrogens is 1.